The molecule has 3 unspecified atom stereocenters. The van der Waals surface area contributed by atoms with Crippen LogP contribution in [0, 0.1) is 11.8 Å². The number of hydrogen-bond donors (Lipinski definition) is 1. The van der Waals surface area contributed by atoms with E-state index in [0.717, 1.165) is 22.4 Å². The Morgan fingerprint density at radius 3 is 2.53 bits per heavy atom. The van der Waals surface area contributed by atoms with Gasteiger partial charge in [0.2, 0.25) is 0 Å². The van der Waals surface area contributed by atoms with Gasteiger partial charge < -0.3 is 5.32 Å². The van der Waals surface area contributed by atoms with Crippen molar-refractivity contribution >= 4 is 15.9 Å². The molecule has 1 aromatic carbocycles. The average Bonchev–Trinajstić information content (AvgIpc) is 2.91. The molecule has 0 aliphatic heterocycles. The van der Waals surface area contributed by atoms with E-state index in [4.69, 9.17) is 0 Å². The third kappa shape index (κ3) is 2.43. The zero-order chi connectivity index (χ0) is 11.8. The molecule has 2 heteroatoms. The highest BCUT2D eigenvalue weighted by Crippen LogP contribution is 2.45. The predicted octanol–water partition coefficient (Wildman–Crippen LogP) is 4.29. The summed E-state index contributed by atoms with van der Waals surface area (Å²) in [6.07, 6.45) is 5.82. The second kappa shape index (κ2) is 4.74. The average molecular weight is 294 g/mol. The van der Waals surface area contributed by atoms with Gasteiger partial charge in [0.05, 0.1) is 0 Å². The molecule has 0 spiro atoms. The van der Waals surface area contributed by atoms with Crippen molar-refractivity contribution in [3.05, 3.63) is 34.3 Å². The third-order valence-corrected chi connectivity index (χ3v) is 5.10. The summed E-state index contributed by atoms with van der Waals surface area (Å²) in [5.41, 5.74) is 1.40. The Labute approximate surface area is 112 Å². The maximum atomic E-state index is 3.83. The molecule has 0 heterocycles. The summed E-state index contributed by atoms with van der Waals surface area (Å²) in [4.78, 5) is 0. The minimum Gasteiger partial charge on any atom is -0.307 e. The van der Waals surface area contributed by atoms with Crippen molar-refractivity contribution in [3.63, 3.8) is 0 Å². The quantitative estimate of drug-likeness (QED) is 0.877. The van der Waals surface area contributed by atoms with E-state index in [0.29, 0.717) is 6.04 Å². The minimum atomic E-state index is 0.479. The van der Waals surface area contributed by atoms with Crippen LogP contribution in [-0.2, 0) is 0 Å². The van der Waals surface area contributed by atoms with Crippen LogP contribution in [0.1, 0.15) is 44.2 Å². The summed E-state index contributed by atoms with van der Waals surface area (Å²) in [5.74, 6) is 1.98. The zero-order valence-corrected chi connectivity index (χ0v) is 11.9. The first-order chi connectivity index (χ1) is 8.22. The topological polar surface area (TPSA) is 12.0 Å². The van der Waals surface area contributed by atoms with Crippen LogP contribution in [0.15, 0.2) is 28.7 Å². The van der Waals surface area contributed by atoms with Crippen LogP contribution in [0.4, 0.5) is 0 Å². The Morgan fingerprint density at radius 2 is 1.94 bits per heavy atom. The van der Waals surface area contributed by atoms with Crippen LogP contribution in [-0.4, -0.2) is 6.04 Å². The lowest BCUT2D eigenvalue weighted by atomic mass is 9.94. The fourth-order valence-corrected chi connectivity index (χ4v) is 3.88. The molecule has 0 saturated heterocycles. The van der Waals surface area contributed by atoms with Gasteiger partial charge in [-0.3, -0.25) is 0 Å². The highest BCUT2D eigenvalue weighted by Gasteiger charge is 2.39. The Kier molecular flexibility index (Phi) is 3.27. The van der Waals surface area contributed by atoms with Gasteiger partial charge in [0.25, 0.3) is 0 Å². The van der Waals surface area contributed by atoms with Crippen LogP contribution in [0.5, 0.6) is 0 Å². The lowest BCUT2D eigenvalue weighted by molar-refractivity contribution is 0.327. The van der Waals surface area contributed by atoms with E-state index in [1.165, 1.54) is 31.2 Å². The van der Waals surface area contributed by atoms with E-state index in [9.17, 15) is 0 Å². The van der Waals surface area contributed by atoms with E-state index in [-0.39, 0.29) is 0 Å². The summed E-state index contributed by atoms with van der Waals surface area (Å²) in [6.45, 7) is 2.29. The van der Waals surface area contributed by atoms with Crippen LogP contribution >= 0.6 is 15.9 Å². The van der Waals surface area contributed by atoms with E-state index >= 15 is 0 Å². The number of rotatable bonds is 3. The van der Waals surface area contributed by atoms with Gasteiger partial charge in [0.1, 0.15) is 0 Å². The smallest absolute Gasteiger partial charge is 0.0294 e. The molecule has 4 atom stereocenters. The number of nitrogens with one attached hydrogen (secondary N) is 1. The van der Waals surface area contributed by atoms with Gasteiger partial charge in [-0.15, -0.1) is 0 Å². The van der Waals surface area contributed by atoms with Crippen molar-refractivity contribution in [3.8, 4) is 0 Å². The Morgan fingerprint density at radius 1 is 1.18 bits per heavy atom. The predicted molar refractivity (Wildman–Crippen MR) is 74.9 cm³/mol. The standard InChI is InChI=1S/C15H20BrN/c1-10(12-4-6-14(16)7-5-12)17-15-9-11-2-3-13(15)8-11/h4-7,10-11,13,15,17H,2-3,8-9H2,1H3/t10-,11?,13?,15?/m0/s1. The first kappa shape index (κ1) is 11.7. The first-order valence-corrected chi connectivity index (χ1v) is 7.53. The van der Waals surface area contributed by atoms with Crippen molar-refractivity contribution in [1.29, 1.82) is 0 Å². The number of hydrogen-bond acceptors (Lipinski definition) is 1. The fourth-order valence-electron chi connectivity index (χ4n) is 3.62. The second-order valence-electron chi connectivity index (χ2n) is 5.72. The summed E-state index contributed by atoms with van der Waals surface area (Å²) in [5, 5.41) is 3.83. The van der Waals surface area contributed by atoms with Gasteiger partial charge in [-0.1, -0.05) is 34.5 Å². The maximum absolute atomic E-state index is 3.83. The van der Waals surface area contributed by atoms with Crippen molar-refractivity contribution < 1.29 is 0 Å². The van der Waals surface area contributed by atoms with Gasteiger partial charge >= 0.3 is 0 Å². The highest BCUT2D eigenvalue weighted by atomic mass is 79.9. The molecular weight excluding hydrogens is 274 g/mol. The largest absolute Gasteiger partial charge is 0.307 e. The van der Waals surface area contributed by atoms with Crippen molar-refractivity contribution in [2.45, 2.75) is 44.7 Å². The van der Waals surface area contributed by atoms with Crippen molar-refractivity contribution in [2.75, 3.05) is 0 Å². The molecule has 17 heavy (non-hydrogen) atoms. The molecule has 0 amide bonds. The molecule has 0 aromatic heterocycles. The molecule has 2 aliphatic carbocycles. The van der Waals surface area contributed by atoms with Crippen LogP contribution in [0.2, 0.25) is 0 Å². The number of benzene rings is 1. The molecular formula is C15H20BrN. The van der Waals surface area contributed by atoms with Gasteiger partial charge in [-0.25, -0.2) is 0 Å². The van der Waals surface area contributed by atoms with Crippen LogP contribution in [0.3, 0.4) is 0 Å². The van der Waals surface area contributed by atoms with Gasteiger partial charge in [-0.2, -0.15) is 0 Å². The second-order valence-corrected chi connectivity index (χ2v) is 6.64. The summed E-state index contributed by atoms with van der Waals surface area (Å²) in [6, 6.07) is 9.95. The molecule has 1 nitrogen and oxygen atoms in total. The molecule has 2 fully saturated rings. The summed E-state index contributed by atoms with van der Waals surface area (Å²) >= 11 is 3.49. The van der Waals surface area contributed by atoms with Crippen molar-refractivity contribution in [2.24, 2.45) is 11.8 Å². The molecule has 2 saturated carbocycles. The monoisotopic (exact) mass is 293 g/mol. The number of halogens is 1. The molecule has 2 aliphatic rings. The Bertz CT molecular complexity index is 386. The molecule has 2 bridgehead atoms. The van der Waals surface area contributed by atoms with Gasteiger partial charge in [0.15, 0.2) is 0 Å². The molecule has 3 rings (SSSR count). The zero-order valence-electron chi connectivity index (χ0n) is 10.3. The van der Waals surface area contributed by atoms with Crippen molar-refractivity contribution in [1.82, 2.24) is 5.32 Å². The molecule has 0 radical (unpaired) electrons. The fraction of sp³-hybridized carbons (Fsp3) is 0.600. The summed E-state index contributed by atoms with van der Waals surface area (Å²) in [7, 11) is 0. The van der Waals surface area contributed by atoms with E-state index in [1.54, 1.807) is 0 Å². The van der Waals surface area contributed by atoms with Crippen LogP contribution in [0.25, 0.3) is 0 Å². The third-order valence-electron chi connectivity index (χ3n) is 4.57. The number of fused-ring (bicyclic) bond motifs is 2. The van der Waals surface area contributed by atoms with E-state index < -0.39 is 0 Å². The molecule has 1 aromatic rings. The molecule has 92 valence electrons. The van der Waals surface area contributed by atoms with Crippen LogP contribution < -0.4 is 5.32 Å². The lowest BCUT2D eigenvalue weighted by Crippen LogP contribution is -2.35. The van der Waals surface area contributed by atoms with E-state index in [1.807, 2.05) is 0 Å². The normalized spacial score (nSPS) is 32.9. The summed E-state index contributed by atoms with van der Waals surface area (Å²) < 4.78 is 1.16. The van der Waals surface area contributed by atoms with E-state index in [2.05, 4.69) is 52.4 Å². The Balaban J connectivity index is 1.63. The molecule has 1 N–H and O–H groups in total. The highest BCUT2D eigenvalue weighted by molar-refractivity contribution is 9.10. The van der Waals surface area contributed by atoms with Gasteiger partial charge in [0, 0.05) is 16.6 Å². The van der Waals surface area contributed by atoms with Gasteiger partial charge in [-0.05, 0) is 55.7 Å². The minimum absolute atomic E-state index is 0.479. The first-order valence-electron chi connectivity index (χ1n) is 6.74. The SMILES string of the molecule is C[C@H](NC1CC2CCC1C2)c1ccc(Br)cc1. The Hall–Kier alpha value is -0.340. The maximum Gasteiger partial charge on any atom is 0.0294 e. The lowest BCUT2D eigenvalue weighted by Gasteiger charge is -2.27.